The molecule has 0 heterocycles. The molecule has 2 rings (SSSR count). The van der Waals surface area contributed by atoms with Gasteiger partial charge in [0.15, 0.2) is 0 Å². The van der Waals surface area contributed by atoms with Crippen LogP contribution in [0.4, 0.5) is 4.79 Å². The van der Waals surface area contributed by atoms with Gasteiger partial charge in [0, 0.05) is 17.5 Å². The molecule has 0 radical (unpaired) electrons. The molecule has 0 saturated carbocycles. The summed E-state index contributed by atoms with van der Waals surface area (Å²) in [6, 6.07) is 10.5. The Morgan fingerprint density at radius 1 is 1.02 bits per heavy atom. The van der Waals surface area contributed by atoms with Crippen LogP contribution in [-0.4, -0.2) is 64.7 Å². The Bertz CT molecular complexity index is 1310. The van der Waals surface area contributed by atoms with E-state index in [4.69, 9.17) is 11.2 Å². The maximum Gasteiger partial charge on any atom is 0.408 e. The van der Waals surface area contributed by atoms with Crippen molar-refractivity contribution in [3.05, 3.63) is 65.2 Å². The first-order chi connectivity index (χ1) is 19.6. The number of esters is 1. The van der Waals surface area contributed by atoms with Crippen molar-refractivity contribution in [3.63, 3.8) is 0 Å². The fraction of sp³-hybridized carbons (Fsp3) is 0.438. The van der Waals surface area contributed by atoms with Gasteiger partial charge in [-0.2, -0.15) is 0 Å². The first-order valence-electron chi connectivity index (χ1n) is 13.6. The molecule has 10 heteroatoms. The number of methoxy groups -OCH3 is 1. The quantitative estimate of drug-likeness (QED) is 0.272. The van der Waals surface area contributed by atoms with E-state index in [0.29, 0.717) is 23.1 Å². The van der Waals surface area contributed by atoms with E-state index >= 15 is 0 Å². The van der Waals surface area contributed by atoms with E-state index in [2.05, 4.69) is 21.3 Å². The summed E-state index contributed by atoms with van der Waals surface area (Å²) in [4.78, 5) is 54.7. The Morgan fingerprint density at radius 2 is 1.64 bits per heavy atom. The van der Waals surface area contributed by atoms with E-state index in [1.807, 2.05) is 6.92 Å². The van der Waals surface area contributed by atoms with Crippen LogP contribution in [0.1, 0.15) is 70.7 Å². The number of nitrogens with one attached hydrogen (secondary N) is 2. The van der Waals surface area contributed by atoms with Crippen molar-refractivity contribution in [1.82, 2.24) is 15.5 Å². The summed E-state index contributed by atoms with van der Waals surface area (Å²) in [5.74, 6) is 0.723. The Labute approximate surface area is 247 Å². The molecular weight excluding hydrogens is 538 g/mol. The number of phenols is 1. The van der Waals surface area contributed by atoms with Gasteiger partial charge in [-0.3, -0.25) is 14.4 Å². The van der Waals surface area contributed by atoms with E-state index in [1.165, 1.54) is 24.1 Å². The summed E-state index contributed by atoms with van der Waals surface area (Å²) in [6.07, 6.45) is 5.44. The lowest BCUT2D eigenvalue weighted by Gasteiger charge is -2.44. The zero-order valence-electron chi connectivity index (χ0n) is 25.3. The number of terminal acetylenes is 1. The van der Waals surface area contributed by atoms with Crippen LogP contribution >= 0.6 is 0 Å². The number of amides is 3. The van der Waals surface area contributed by atoms with Crippen LogP contribution in [0.3, 0.4) is 0 Å². The van der Waals surface area contributed by atoms with Gasteiger partial charge < -0.3 is 30.1 Å². The summed E-state index contributed by atoms with van der Waals surface area (Å²) >= 11 is 0. The average molecular weight is 580 g/mol. The van der Waals surface area contributed by atoms with E-state index in [9.17, 15) is 24.3 Å². The van der Waals surface area contributed by atoms with Crippen molar-refractivity contribution >= 4 is 23.9 Å². The molecule has 3 N–H and O–H groups in total. The van der Waals surface area contributed by atoms with Gasteiger partial charge >= 0.3 is 12.1 Å². The third-order valence-electron chi connectivity index (χ3n) is 6.67. The third-order valence-corrected chi connectivity index (χ3v) is 6.67. The summed E-state index contributed by atoms with van der Waals surface area (Å²) in [7, 11) is 1.20. The van der Waals surface area contributed by atoms with Crippen molar-refractivity contribution < 1.29 is 33.8 Å². The minimum atomic E-state index is -1.27. The first kappa shape index (κ1) is 33.7. The largest absolute Gasteiger partial charge is 0.508 e. The van der Waals surface area contributed by atoms with Crippen LogP contribution < -0.4 is 10.6 Å². The molecule has 2 atom stereocenters. The van der Waals surface area contributed by atoms with Crippen molar-refractivity contribution in [3.8, 4) is 18.1 Å². The van der Waals surface area contributed by atoms with Crippen LogP contribution in [0.15, 0.2) is 48.5 Å². The monoisotopic (exact) mass is 579 g/mol. The number of ether oxygens (including phenoxy) is 2. The number of rotatable bonds is 11. The second-order valence-corrected chi connectivity index (χ2v) is 11.4. The molecule has 0 aromatic heterocycles. The van der Waals surface area contributed by atoms with E-state index < -0.39 is 53.6 Å². The van der Waals surface area contributed by atoms with Crippen LogP contribution in [-0.2, 0) is 30.3 Å². The lowest BCUT2D eigenvalue weighted by molar-refractivity contribution is -0.150. The maximum atomic E-state index is 14.6. The third kappa shape index (κ3) is 9.26. The second-order valence-electron chi connectivity index (χ2n) is 11.4. The number of aromatic hydroxyl groups is 1. The predicted octanol–water partition coefficient (Wildman–Crippen LogP) is 3.86. The number of hydrogen-bond donors (Lipinski definition) is 3. The van der Waals surface area contributed by atoms with Crippen molar-refractivity contribution in [2.24, 2.45) is 0 Å². The highest BCUT2D eigenvalue weighted by atomic mass is 16.6. The van der Waals surface area contributed by atoms with Gasteiger partial charge in [-0.25, -0.2) is 4.79 Å². The maximum absolute atomic E-state index is 14.6. The zero-order valence-corrected chi connectivity index (χ0v) is 25.3. The Hall–Kier alpha value is -4.52. The molecule has 0 aliphatic rings. The normalized spacial score (nSPS) is 12.7. The highest BCUT2D eigenvalue weighted by Gasteiger charge is 2.43. The number of hydrogen-bond acceptors (Lipinski definition) is 7. The molecule has 2 aromatic carbocycles. The molecule has 3 amide bonds. The molecule has 0 bridgehead atoms. The first-order valence-corrected chi connectivity index (χ1v) is 13.6. The second kappa shape index (κ2) is 14.4. The molecule has 0 spiro atoms. The Morgan fingerprint density at radius 3 is 2.19 bits per heavy atom. The van der Waals surface area contributed by atoms with E-state index in [0.717, 1.165) is 0 Å². The molecule has 10 nitrogen and oxygen atoms in total. The van der Waals surface area contributed by atoms with Gasteiger partial charge in [0.05, 0.1) is 7.11 Å². The molecule has 2 aromatic rings. The van der Waals surface area contributed by atoms with Gasteiger partial charge in [0.25, 0.3) is 0 Å². The molecule has 42 heavy (non-hydrogen) atoms. The molecule has 0 fully saturated rings. The number of benzene rings is 2. The van der Waals surface area contributed by atoms with Gasteiger partial charge in [0.1, 0.15) is 30.0 Å². The standard InChI is InChI=1S/C32H41N3O7/c1-9-22-13-11-12-14-24(22)27(28(38)33-20-26(37)41-8)35(32(6,7)10-2)29(39)25(34-30(40)42-31(3,4)5)19-21-15-17-23(36)18-16-21/h1,11-18,25,27,36H,10,19-20H2,2-8H3,(H,33,38)(H,34,40). The van der Waals surface area contributed by atoms with Crippen molar-refractivity contribution in [1.29, 1.82) is 0 Å². The Kier molecular flexibility index (Phi) is 11.5. The summed E-state index contributed by atoms with van der Waals surface area (Å²) in [6.45, 7) is 10.2. The lowest BCUT2D eigenvalue weighted by atomic mass is 9.89. The molecule has 226 valence electrons. The smallest absolute Gasteiger partial charge is 0.408 e. The van der Waals surface area contributed by atoms with Gasteiger partial charge in [-0.05, 0) is 70.4 Å². The fourth-order valence-corrected chi connectivity index (χ4v) is 4.22. The zero-order chi connectivity index (χ0) is 31.7. The van der Waals surface area contributed by atoms with Crippen LogP contribution in [0.25, 0.3) is 0 Å². The molecule has 0 saturated heterocycles. The number of phenolic OH excluding ortho intramolecular Hbond substituents is 1. The topological polar surface area (TPSA) is 134 Å². The fourth-order valence-electron chi connectivity index (χ4n) is 4.22. The molecule has 2 unspecified atom stereocenters. The number of carbonyl (C=O) groups is 4. The van der Waals surface area contributed by atoms with Gasteiger partial charge in [-0.15, -0.1) is 6.42 Å². The number of alkyl carbamates (subject to hydrolysis) is 1. The molecule has 0 aliphatic heterocycles. The minimum absolute atomic E-state index is 0.0297. The summed E-state index contributed by atoms with van der Waals surface area (Å²) < 4.78 is 10.1. The number of nitrogens with zero attached hydrogens (tertiary/aromatic N) is 1. The SMILES string of the molecule is C#Cc1ccccc1C(C(=O)NCC(=O)OC)N(C(=O)C(Cc1ccc(O)cc1)NC(=O)OC(C)(C)C)C(C)(C)CC. The molecule has 0 aliphatic carbocycles. The van der Waals surface area contributed by atoms with Crippen molar-refractivity contribution in [2.45, 2.75) is 77.6 Å². The van der Waals surface area contributed by atoms with Gasteiger partial charge in [0.2, 0.25) is 11.8 Å². The van der Waals surface area contributed by atoms with Gasteiger partial charge in [-0.1, -0.05) is 43.2 Å². The highest BCUT2D eigenvalue weighted by molar-refractivity contribution is 5.94. The number of carbonyl (C=O) groups excluding carboxylic acids is 4. The van der Waals surface area contributed by atoms with Crippen LogP contribution in [0, 0.1) is 12.3 Å². The van der Waals surface area contributed by atoms with Crippen LogP contribution in [0.2, 0.25) is 0 Å². The van der Waals surface area contributed by atoms with Crippen molar-refractivity contribution in [2.75, 3.05) is 13.7 Å². The molecular formula is C32H41N3O7. The highest BCUT2D eigenvalue weighted by Crippen LogP contribution is 2.34. The van der Waals surface area contributed by atoms with Crippen LogP contribution in [0.5, 0.6) is 5.75 Å². The predicted molar refractivity (Wildman–Crippen MR) is 158 cm³/mol. The lowest BCUT2D eigenvalue weighted by Crippen LogP contribution is -2.60. The van der Waals surface area contributed by atoms with E-state index in [1.54, 1.807) is 71.0 Å². The minimum Gasteiger partial charge on any atom is -0.508 e. The Balaban J connectivity index is 2.71. The average Bonchev–Trinajstić information content (AvgIpc) is 2.93. The summed E-state index contributed by atoms with van der Waals surface area (Å²) in [5, 5.41) is 15.0. The summed E-state index contributed by atoms with van der Waals surface area (Å²) in [5.41, 5.74) is -0.365. The van der Waals surface area contributed by atoms with E-state index in [-0.39, 0.29) is 12.2 Å².